The van der Waals surface area contributed by atoms with E-state index in [-0.39, 0.29) is 18.0 Å². The van der Waals surface area contributed by atoms with Crippen molar-refractivity contribution in [1.29, 1.82) is 0 Å². The number of halogens is 1. The van der Waals surface area contributed by atoms with Gasteiger partial charge in [-0.05, 0) is 17.5 Å². The second kappa shape index (κ2) is 6.00. The van der Waals surface area contributed by atoms with Crippen LogP contribution in [0.3, 0.4) is 0 Å². The number of nitrogens with two attached hydrogens (primary N) is 1. The third-order valence-corrected chi connectivity index (χ3v) is 4.15. The molecule has 8 N–H and O–H groups in total. The lowest BCUT2D eigenvalue weighted by molar-refractivity contribution is -0.396. The van der Waals surface area contributed by atoms with Crippen LogP contribution in [0.4, 0.5) is 0 Å². The molecule has 1 saturated heterocycles. The maximum Gasteiger partial charge on any atom is 0.239 e. The zero-order chi connectivity index (χ0) is 16.1. The van der Waals surface area contributed by atoms with Crippen LogP contribution >= 0.6 is 12.4 Å². The van der Waals surface area contributed by atoms with Crippen molar-refractivity contribution < 1.29 is 30.3 Å². The van der Waals surface area contributed by atoms with E-state index in [4.69, 9.17) is 10.5 Å². The molecular weight excluding hydrogens is 328 g/mol. The van der Waals surface area contributed by atoms with Crippen LogP contribution in [0.2, 0.25) is 0 Å². The van der Waals surface area contributed by atoms with Gasteiger partial charge in [0.05, 0.1) is 6.61 Å². The van der Waals surface area contributed by atoms with Gasteiger partial charge in [-0.2, -0.15) is 0 Å². The SMILES string of the molecule is Cl.N[C@@]1(O)[C@@H](O)[C@H](O)[C@@H](CO)OC1(O)c1ccc2cc[nH]c2c1. The minimum absolute atomic E-state index is 0. The molecule has 5 atom stereocenters. The van der Waals surface area contributed by atoms with Crippen molar-refractivity contribution >= 4 is 23.3 Å². The van der Waals surface area contributed by atoms with E-state index in [1.165, 1.54) is 12.1 Å². The third kappa shape index (κ3) is 2.53. The molecule has 1 aliphatic heterocycles. The Labute approximate surface area is 137 Å². The molecule has 0 aliphatic carbocycles. The standard InChI is InChI=1S/C14H18N2O6.ClH/c15-13(20)12(19)11(18)10(6-17)22-14(13,21)8-2-1-7-3-4-16-9(7)5-8;/h1-5,10-12,16-21H,6,15H2;1H/t10-,11-,12+,13-,14?;/m1./s1. The van der Waals surface area contributed by atoms with Gasteiger partial charge in [-0.3, -0.25) is 5.73 Å². The van der Waals surface area contributed by atoms with Gasteiger partial charge < -0.3 is 35.3 Å². The number of nitrogens with one attached hydrogen (secondary N) is 1. The molecule has 1 aromatic heterocycles. The van der Waals surface area contributed by atoms with Crippen LogP contribution in [0.25, 0.3) is 10.9 Å². The van der Waals surface area contributed by atoms with Crippen LogP contribution in [-0.2, 0) is 10.5 Å². The molecule has 9 heteroatoms. The van der Waals surface area contributed by atoms with E-state index >= 15 is 0 Å². The quantitative estimate of drug-likeness (QED) is 0.326. The Kier molecular flexibility index (Phi) is 4.73. The Balaban J connectivity index is 0.00000192. The fourth-order valence-electron chi connectivity index (χ4n) is 2.75. The predicted octanol–water partition coefficient (Wildman–Crippen LogP) is -1.50. The first-order valence-corrected chi connectivity index (χ1v) is 6.77. The molecule has 2 aromatic rings. The number of rotatable bonds is 2. The van der Waals surface area contributed by atoms with Gasteiger partial charge in [-0.1, -0.05) is 12.1 Å². The van der Waals surface area contributed by atoms with Crippen LogP contribution in [-0.4, -0.2) is 61.2 Å². The van der Waals surface area contributed by atoms with Crippen LogP contribution < -0.4 is 5.73 Å². The van der Waals surface area contributed by atoms with Crippen molar-refractivity contribution in [2.75, 3.05) is 6.61 Å². The molecule has 1 aliphatic rings. The van der Waals surface area contributed by atoms with Crippen molar-refractivity contribution in [2.45, 2.75) is 29.8 Å². The molecule has 0 amide bonds. The largest absolute Gasteiger partial charge is 0.394 e. The summed E-state index contributed by atoms with van der Waals surface area (Å²) in [5.41, 5.74) is 3.71. The average molecular weight is 347 g/mol. The van der Waals surface area contributed by atoms with E-state index < -0.39 is 36.4 Å². The molecule has 0 radical (unpaired) electrons. The maximum atomic E-state index is 10.8. The van der Waals surface area contributed by atoms with Crippen LogP contribution in [0.1, 0.15) is 5.56 Å². The maximum absolute atomic E-state index is 10.8. The van der Waals surface area contributed by atoms with E-state index in [9.17, 15) is 25.5 Å². The zero-order valence-corrected chi connectivity index (χ0v) is 12.8. The molecule has 0 saturated carbocycles. The fraction of sp³-hybridized carbons (Fsp3) is 0.429. The summed E-state index contributed by atoms with van der Waals surface area (Å²) in [6.45, 7) is -0.665. The predicted molar refractivity (Wildman–Crippen MR) is 82.6 cm³/mol. The lowest BCUT2D eigenvalue weighted by Gasteiger charge is -2.51. The Morgan fingerprint density at radius 3 is 2.57 bits per heavy atom. The topological polar surface area (TPSA) is 152 Å². The lowest BCUT2D eigenvalue weighted by Crippen LogP contribution is -2.75. The van der Waals surface area contributed by atoms with Gasteiger partial charge in [0.1, 0.15) is 18.3 Å². The number of aromatic amines is 1. The van der Waals surface area contributed by atoms with Gasteiger partial charge in [0.15, 0.2) is 0 Å². The number of benzene rings is 1. The molecule has 23 heavy (non-hydrogen) atoms. The number of H-pyrrole nitrogens is 1. The fourth-order valence-corrected chi connectivity index (χ4v) is 2.75. The summed E-state index contributed by atoms with van der Waals surface area (Å²) in [6.07, 6.45) is -3.16. The normalized spacial score (nSPS) is 37.6. The average Bonchev–Trinajstić information content (AvgIpc) is 2.97. The van der Waals surface area contributed by atoms with Gasteiger partial charge in [0.2, 0.25) is 11.5 Å². The molecule has 3 rings (SSSR count). The highest BCUT2D eigenvalue weighted by Gasteiger charge is 2.62. The van der Waals surface area contributed by atoms with Crippen molar-refractivity contribution in [3.8, 4) is 0 Å². The lowest BCUT2D eigenvalue weighted by atomic mass is 9.83. The van der Waals surface area contributed by atoms with E-state index in [0.29, 0.717) is 5.52 Å². The van der Waals surface area contributed by atoms with Crippen LogP contribution in [0, 0.1) is 0 Å². The van der Waals surface area contributed by atoms with E-state index in [2.05, 4.69) is 4.98 Å². The number of hydrogen-bond acceptors (Lipinski definition) is 7. The summed E-state index contributed by atoms with van der Waals surface area (Å²) in [4.78, 5) is 2.94. The highest BCUT2D eigenvalue weighted by Crippen LogP contribution is 2.41. The molecule has 1 unspecified atom stereocenters. The molecule has 1 fully saturated rings. The van der Waals surface area contributed by atoms with E-state index in [1.807, 2.05) is 6.07 Å². The molecule has 1 aromatic carbocycles. The molecular formula is C14H19ClN2O6. The summed E-state index contributed by atoms with van der Waals surface area (Å²) in [7, 11) is 0. The minimum atomic E-state index is -2.67. The van der Waals surface area contributed by atoms with Crippen molar-refractivity contribution in [3.05, 3.63) is 36.0 Å². The Bertz CT molecular complexity index is 693. The number of aliphatic hydroxyl groups is 5. The monoisotopic (exact) mass is 346 g/mol. The Morgan fingerprint density at radius 1 is 1.22 bits per heavy atom. The number of aliphatic hydroxyl groups excluding tert-OH is 3. The molecule has 8 nitrogen and oxygen atoms in total. The number of aromatic nitrogens is 1. The third-order valence-electron chi connectivity index (χ3n) is 4.15. The first kappa shape index (κ1) is 18.1. The number of hydrogen-bond donors (Lipinski definition) is 7. The molecule has 128 valence electrons. The van der Waals surface area contributed by atoms with Gasteiger partial charge in [0.25, 0.3) is 0 Å². The second-order valence-corrected chi connectivity index (χ2v) is 5.52. The smallest absolute Gasteiger partial charge is 0.239 e. The molecule has 0 spiro atoms. The summed E-state index contributed by atoms with van der Waals surface area (Å²) in [5, 5.41) is 51.0. The van der Waals surface area contributed by atoms with E-state index in [1.54, 1.807) is 12.3 Å². The second-order valence-electron chi connectivity index (χ2n) is 5.52. The van der Waals surface area contributed by atoms with Crippen LogP contribution in [0.15, 0.2) is 30.5 Å². The summed E-state index contributed by atoms with van der Waals surface area (Å²) in [5.74, 6) is -2.50. The summed E-state index contributed by atoms with van der Waals surface area (Å²) in [6, 6.07) is 6.47. The zero-order valence-electron chi connectivity index (χ0n) is 12.0. The van der Waals surface area contributed by atoms with Gasteiger partial charge in [-0.25, -0.2) is 0 Å². The summed E-state index contributed by atoms with van der Waals surface area (Å²) >= 11 is 0. The molecule has 0 bridgehead atoms. The highest BCUT2D eigenvalue weighted by atomic mass is 35.5. The van der Waals surface area contributed by atoms with Gasteiger partial charge >= 0.3 is 0 Å². The number of fused-ring (bicyclic) bond motifs is 1. The summed E-state index contributed by atoms with van der Waals surface area (Å²) < 4.78 is 5.24. The van der Waals surface area contributed by atoms with E-state index in [0.717, 1.165) is 5.39 Å². The minimum Gasteiger partial charge on any atom is -0.394 e. The Hall–Kier alpha value is -1.23. The van der Waals surface area contributed by atoms with Crippen molar-refractivity contribution in [2.24, 2.45) is 5.73 Å². The van der Waals surface area contributed by atoms with Crippen molar-refractivity contribution in [3.63, 3.8) is 0 Å². The number of ether oxygens (including phenoxy) is 1. The van der Waals surface area contributed by atoms with Gasteiger partial charge in [-0.15, -0.1) is 12.4 Å². The van der Waals surface area contributed by atoms with Crippen molar-refractivity contribution in [1.82, 2.24) is 4.98 Å². The molecule has 2 heterocycles. The first-order valence-electron chi connectivity index (χ1n) is 6.77. The highest BCUT2D eigenvalue weighted by molar-refractivity contribution is 5.85. The Morgan fingerprint density at radius 2 is 1.91 bits per heavy atom. The van der Waals surface area contributed by atoms with Crippen LogP contribution in [0.5, 0.6) is 0 Å². The first-order chi connectivity index (χ1) is 10.3. The van der Waals surface area contributed by atoms with Gasteiger partial charge in [0, 0.05) is 17.3 Å².